The fraction of sp³-hybridized carbons (Fsp3) is 0.120. The van der Waals surface area contributed by atoms with Gasteiger partial charge in [0.2, 0.25) is 0 Å². The third-order valence-corrected chi connectivity index (χ3v) is 5.59. The van der Waals surface area contributed by atoms with Gasteiger partial charge in [0.05, 0.1) is 11.1 Å². The number of aromatic amines is 1. The number of aromatic nitrogens is 3. The number of para-hydroxylation sites is 1. The molecule has 0 bridgehead atoms. The zero-order valence-corrected chi connectivity index (χ0v) is 18.6. The summed E-state index contributed by atoms with van der Waals surface area (Å²) < 4.78 is 15.5. The number of rotatable bonds is 4. The highest BCUT2D eigenvalue weighted by atomic mass is 32.1. The second-order valence-corrected chi connectivity index (χ2v) is 8.39. The minimum atomic E-state index is -0.319. The topological polar surface area (TPSA) is 62.7 Å². The van der Waals surface area contributed by atoms with E-state index in [9.17, 15) is 9.18 Å². The molecule has 32 heavy (non-hydrogen) atoms. The Morgan fingerprint density at radius 2 is 2.06 bits per heavy atom. The molecule has 0 fully saturated rings. The highest BCUT2D eigenvalue weighted by molar-refractivity contribution is 7.13. The van der Waals surface area contributed by atoms with Crippen LogP contribution in [0.25, 0.3) is 21.8 Å². The Kier molecular flexibility index (Phi) is 6.47. The van der Waals surface area contributed by atoms with Gasteiger partial charge in [0.15, 0.2) is 5.13 Å². The third-order valence-electron chi connectivity index (χ3n) is 4.90. The fourth-order valence-corrected chi connectivity index (χ4v) is 3.85. The van der Waals surface area contributed by atoms with Gasteiger partial charge in [-0.3, -0.25) is 10.1 Å². The average molecular weight is 447 g/mol. The highest BCUT2D eigenvalue weighted by Crippen LogP contribution is 2.24. The number of hydrogen-bond acceptors (Lipinski definition) is 3. The molecule has 3 aromatic heterocycles. The lowest BCUT2D eigenvalue weighted by Gasteiger charge is -2.01. The summed E-state index contributed by atoms with van der Waals surface area (Å²) in [7, 11) is 0. The molecule has 2 N–H and O–H groups in total. The molecule has 0 aliphatic heterocycles. The Labute approximate surface area is 189 Å². The molecule has 5 rings (SSSR count). The van der Waals surface area contributed by atoms with Crippen LogP contribution >= 0.6 is 11.3 Å². The van der Waals surface area contributed by atoms with Crippen molar-refractivity contribution in [2.45, 2.75) is 20.4 Å². The van der Waals surface area contributed by atoms with Gasteiger partial charge in [0, 0.05) is 41.4 Å². The van der Waals surface area contributed by atoms with Crippen LogP contribution in [0.3, 0.4) is 0 Å². The van der Waals surface area contributed by atoms with Crippen molar-refractivity contribution in [3.8, 4) is 0 Å². The van der Waals surface area contributed by atoms with Crippen LogP contribution in [0.5, 0.6) is 0 Å². The number of anilines is 1. The SMILES string of the molecule is CC(C)=CCn1cc(C(=O)Nc2nccs2)c2ccc(F)cc21.c1ccc2[nH]ccc2c1. The van der Waals surface area contributed by atoms with E-state index >= 15 is 0 Å². The highest BCUT2D eigenvalue weighted by Gasteiger charge is 2.16. The molecule has 0 saturated carbocycles. The lowest BCUT2D eigenvalue weighted by Crippen LogP contribution is -2.11. The van der Waals surface area contributed by atoms with Crippen molar-refractivity contribution in [3.63, 3.8) is 0 Å². The summed E-state index contributed by atoms with van der Waals surface area (Å²) in [6.45, 7) is 4.59. The maximum atomic E-state index is 13.6. The molecule has 7 heteroatoms. The quantitative estimate of drug-likeness (QED) is 0.305. The molecule has 5 nitrogen and oxygen atoms in total. The van der Waals surface area contributed by atoms with Crippen molar-refractivity contribution in [1.29, 1.82) is 0 Å². The van der Waals surface area contributed by atoms with E-state index in [0.717, 1.165) is 11.0 Å². The van der Waals surface area contributed by atoms with Crippen LogP contribution in [0.1, 0.15) is 24.2 Å². The first kappa shape index (κ1) is 21.5. The molecule has 0 saturated heterocycles. The molecule has 3 heterocycles. The second-order valence-electron chi connectivity index (χ2n) is 7.49. The van der Waals surface area contributed by atoms with Crippen molar-refractivity contribution in [2.24, 2.45) is 0 Å². The van der Waals surface area contributed by atoms with Gasteiger partial charge in [-0.15, -0.1) is 11.3 Å². The summed E-state index contributed by atoms with van der Waals surface area (Å²) in [4.78, 5) is 19.7. The molecule has 0 aliphatic rings. The molecular formula is C25H23FN4OS. The van der Waals surface area contributed by atoms with Crippen LogP contribution in [0.2, 0.25) is 0 Å². The minimum Gasteiger partial charge on any atom is -0.361 e. The van der Waals surface area contributed by atoms with Gasteiger partial charge in [-0.2, -0.15) is 0 Å². The number of carbonyl (C=O) groups excluding carboxylic acids is 1. The molecule has 162 valence electrons. The lowest BCUT2D eigenvalue weighted by atomic mass is 10.1. The Morgan fingerprint density at radius 1 is 1.22 bits per heavy atom. The van der Waals surface area contributed by atoms with Gasteiger partial charge >= 0.3 is 0 Å². The van der Waals surface area contributed by atoms with Crippen LogP contribution in [0.15, 0.2) is 84.2 Å². The Morgan fingerprint density at radius 3 is 2.81 bits per heavy atom. The molecule has 0 aliphatic carbocycles. The van der Waals surface area contributed by atoms with E-state index in [2.05, 4.69) is 33.5 Å². The number of carbonyl (C=O) groups is 1. The monoisotopic (exact) mass is 446 g/mol. The minimum absolute atomic E-state index is 0.243. The molecule has 0 spiro atoms. The van der Waals surface area contributed by atoms with Gasteiger partial charge in [0.1, 0.15) is 5.82 Å². The zero-order valence-electron chi connectivity index (χ0n) is 17.8. The third kappa shape index (κ3) is 4.95. The molecule has 0 atom stereocenters. The number of thiazole rings is 1. The first-order valence-corrected chi connectivity index (χ1v) is 11.0. The number of halogens is 1. The maximum Gasteiger partial charge on any atom is 0.259 e. The van der Waals surface area contributed by atoms with Crippen molar-refractivity contribution in [2.75, 3.05) is 5.32 Å². The van der Waals surface area contributed by atoms with E-state index in [1.54, 1.807) is 23.8 Å². The predicted molar refractivity (Wildman–Crippen MR) is 130 cm³/mol. The van der Waals surface area contributed by atoms with E-state index in [1.807, 2.05) is 42.8 Å². The number of H-pyrrole nitrogens is 1. The first-order valence-electron chi connectivity index (χ1n) is 10.2. The molecule has 0 radical (unpaired) electrons. The summed E-state index contributed by atoms with van der Waals surface area (Å²) in [6.07, 6.45) is 7.37. The van der Waals surface area contributed by atoms with Crippen molar-refractivity contribution >= 4 is 44.2 Å². The van der Waals surface area contributed by atoms with Gasteiger partial charge < -0.3 is 9.55 Å². The van der Waals surface area contributed by atoms with Crippen molar-refractivity contribution in [3.05, 3.63) is 95.5 Å². The molecule has 2 aromatic carbocycles. The normalized spacial score (nSPS) is 10.6. The van der Waals surface area contributed by atoms with E-state index in [-0.39, 0.29) is 11.7 Å². The maximum absolute atomic E-state index is 13.6. The van der Waals surface area contributed by atoms with Crippen LogP contribution in [0, 0.1) is 5.82 Å². The Bertz CT molecular complexity index is 1350. The van der Waals surface area contributed by atoms with Crippen LogP contribution in [0.4, 0.5) is 9.52 Å². The Hall–Kier alpha value is -3.71. The smallest absolute Gasteiger partial charge is 0.259 e. The van der Waals surface area contributed by atoms with Gasteiger partial charge in [-0.25, -0.2) is 9.37 Å². The van der Waals surface area contributed by atoms with E-state index in [4.69, 9.17) is 0 Å². The van der Waals surface area contributed by atoms with Gasteiger partial charge in [0.25, 0.3) is 5.91 Å². The van der Waals surface area contributed by atoms with E-state index < -0.39 is 0 Å². The fourth-order valence-electron chi connectivity index (χ4n) is 3.32. The van der Waals surface area contributed by atoms with Crippen LogP contribution in [-0.2, 0) is 6.54 Å². The first-order chi connectivity index (χ1) is 15.5. The van der Waals surface area contributed by atoms with E-state index in [0.29, 0.717) is 22.8 Å². The van der Waals surface area contributed by atoms with Crippen molar-refractivity contribution in [1.82, 2.24) is 14.5 Å². The zero-order chi connectivity index (χ0) is 22.5. The predicted octanol–water partition coefficient (Wildman–Crippen LogP) is 6.62. The number of fused-ring (bicyclic) bond motifs is 2. The number of nitrogens with zero attached hydrogens (tertiary/aromatic N) is 2. The molecule has 0 unspecified atom stereocenters. The number of amides is 1. The standard InChI is InChI=1S/C17H16FN3OS.C8H7N/c1-11(2)5-7-21-10-14(13-4-3-12(18)9-15(13)21)16(22)20-17-19-6-8-23-17;1-2-4-8-7(3-1)5-6-9-8/h3-6,8-10H,7H2,1-2H3,(H,19,20,22);1-6,9H. The van der Waals surface area contributed by atoms with Gasteiger partial charge in [-0.05, 0) is 49.6 Å². The summed E-state index contributed by atoms with van der Waals surface area (Å²) in [5.74, 6) is -0.562. The number of allylic oxidation sites excluding steroid dienone is 2. The van der Waals surface area contributed by atoms with Gasteiger partial charge in [-0.1, -0.05) is 29.8 Å². The summed E-state index contributed by atoms with van der Waals surface area (Å²) >= 11 is 1.36. The van der Waals surface area contributed by atoms with Crippen LogP contribution in [-0.4, -0.2) is 20.4 Å². The van der Waals surface area contributed by atoms with Crippen LogP contribution < -0.4 is 5.32 Å². The summed E-state index contributed by atoms with van der Waals surface area (Å²) in [5, 5.41) is 7.11. The van der Waals surface area contributed by atoms with Crippen molar-refractivity contribution < 1.29 is 9.18 Å². The van der Waals surface area contributed by atoms with E-state index in [1.165, 1.54) is 34.4 Å². The number of nitrogens with one attached hydrogen (secondary N) is 2. The molecular weight excluding hydrogens is 423 g/mol. The molecule has 1 amide bonds. The largest absolute Gasteiger partial charge is 0.361 e. The Balaban J connectivity index is 0.000000225. The summed E-state index contributed by atoms with van der Waals surface area (Å²) in [5.41, 5.74) is 3.58. The summed E-state index contributed by atoms with van der Waals surface area (Å²) in [6, 6.07) is 14.7. The molecule has 5 aromatic rings. The number of benzene rings is 2. The number of hydrogen-bond donors (Lipinski definition) is 2. The average Bonchev–Trinajstić information content (AvgIpc) is 3.52. The lowest BCUT2D eigenvalue weighted by molar-refractivity contribution is 0.102. The second kappa shape index (κ2) is 9.62.